The third kappa shape index (κ3) is 5.76. The molecule has 4 rings (SSSR count). The topological polar surface area (TPSA) is 174 Å². The largest absolute Gasteiger partial charge is 0.354 e. The number of piperidine rings is 2. The SMILES string of the molecule is N[C@@H]1C[C@H](N)CN(c2nc(NCCc3ccccn3)nc(N3C[C@H](N)C[C@H](N)C3)n2)C1. The second kappa shape index (κ2) is 9.69. The average Bonchev–Trinajstić information content (AvgIpc) is 2.73. The number of rotatable bonds is 6. The lowest BCUT2D eigenvalue weighted by atomic mass is 10.0. The van der Waals surface area contributed by atoms with E-state index in [1.54, 1.807) is 6.20 Å². The van der Waals surface area contributed by atoms with Crippen molar-refractivity contribution in [2.45, 2.75) is 43.4 Å². The predicted molar refractivity (Wildman–Crippen MR) is 122 cm³/mol. The van der Waals surface area contributed by atoms with E-state index in [4.69, 9.17) is 27.9 Å². The van der Waals surface area contributed by atoms with Crippen molar-refractivity contribution in [3.05, 3.63) is 30.1 Å². The number of anilines is 3. The van der Waals surface area contributed by atoms with Gasteiger partial charge in [0, 0.05) is 75.2 Å². The van der Waals surface area contributed by atoms with Crippen molar-refractivity contribution < 1.29 is 0 Å². The molecule has 11 nitrogen and oxygen atoms in total. The molecule has 2 aromatic rings. The molecule has 0 spiro atoms. The summed E-state index contributed by atoms with van der Waals surface area (Å²) in [6.45, 7) is 3.28. The zero-order valence-electron chi connectivity index (χ0n) is 17.8. The molecule has 2 saturated heterocycles. The Hall–Kier alpha value is -2.60. The van der Waals surface area contributed by atoms with Crippen LogP contribution in [0.4, 0.5) is 17.8 Å². The highest BCUT2D eigenvalue weighted by molar-refractivity contribution is 5.46. The van der Waals surface area contributed by atoms with Crippen LogP contribution in [0.25, 0.3) is 0 Å². The van der Waals surface area contributed by atoms with Gasteiger partial charge in [0.05, 0.1) is 0 Å². The van der Waals surface area contributed by atoms with Gasteiger partial charge in [-0.2, -0.15) is 15.0 Å². The Labute approximate surface area is 182 Å². The summed E-state index contributed by atoms with van der Waals surface area (Å²) in [4.78, 5) is 22.5. The summed E-state index contributed by atoms with van der Waals surface area (Å²) in [6, 6.07) is 5.83. The zero-order valence-corrected chi connectivity index (χ0v) is 17.8. The fourth-order valence-electron chi connectivity index (χ4n) is 4.25. The molecule has 0 amide bonds. The first-order valence-electron chi connectivity index (χ1n) is 10.9. The molecule has 31 heavy (non-hydrogen) atoms. The minimum absolute atomic E-state index is 0.0126. The molecule has 0 unspecified atom stereocenters. The van der Waals surface area contributed by atoms with Crippen LogP contribution in [0.5, 0.6) is 0 Å². The highest BCUT2D eigenvalue weighted by atomic mass is 15.4. The summed E-state index contributed by atoms with van der Waals surface area (Å²) < 4.78 is 0. The third-order valence-corrected chi connectivity index (χ3v) is 5.60. The first-order chi connectivity index (χ1) is 15.0. The van der Waals surface area contributed by atoms with Gasteiger partial charge < -0.3 is 38.1 Å². The second-order valence-corrected chi connectivity index (χ2v) is 8.58. The van der Waals surface area contributed by atoms with Crippen LogP contribution in [0.3, 0.4) is 0 Å². The van der Waals surface area contributed by atoms with Crippen LogP contribution in [-0.2, 0) is 6.42 Å². The second-order valence-electron chi connectivity index (χ2n) is 8.58. The van der Waals surface area contributed by atoms with Gasteiger partial charge in [-0.15, -0.1) is 0 Å². The van der Waals surface area contributed by atoms with Crippen LogP contribution < -0.4 is 38.1 Å². The summed E-state index contributed by atoms with van der Waals surface area (Å²) >= 11 is 0. The van der Waals surface area contributed by atoms with Crippen molar-refractivity contribution in [3.8, 4) is 0 Å². The zero-order chi connectivity index (χ0) is 21.8. The van der Waals surface area contributed by atoms with E-state index in [1.807, 2.05) is 28.0 Å². The fraction of sp³-hybridized carbons (Fsp3) is 0.600. The molecule has 0 aliphatic carbocycles. The lowest BCUT2D eigenvalue weighted by Crippen LogP contribution is -2.54. The van der Waals surface area contributed by atoms with Gasteiger partial charge in [-0.05, 0) is 25.0 Å². The van der Waals surface area contributed by atoms with Crippen LogP contribution in [0, 0.1) is 0 Å². The maximum Gasteiger partial charge on any atom is 0.232 e. The van der Waals surface area contributed by atoms with Gasteiger partial charge in [0.1, 0.15) is 0 Å². The molecule has 168 valence electrons. The number of aromatic nitrogens is 4. The molecule has 11 heteroatoms. The van der Waals surface area contributed by atoms with Crippen LogP contribution >= 0.6 is 0 Å². The first kappa shape index (κ1) is 21.6. The molecule has 0 bridgehead atoms. The van der Waals surface area contributed by atoms with E-state index in [0.717, 1.165) is 25.0 Å². The highest BCUT2D eigenvalue weighted by Crippen LogP contribution is 2.22. The van der Waals surface area contributed by atoms with Crippen molar-refractivity contribution >= 4 is 17.8 Å². The number of hydrogen-bond donors (Lipinski definition) is 5. The van der Waals surface area contributed by atoms with Crippen molar-refractivity contribution in [1.29, 1.82) is 0 Å². The molecular formula is C20H33N11. The van der Waals surface area contributed by atoms with Crippen molar-refractivity contribution in [3.63, 3.8) is 0 Å². The molecule has 4 atom stereocenters. The number of nitrogens with two attached hydrogens (primary N) is 4. The van der Waals surface area contributed by atoms with Crippen LogP contribution in [0.2, 0.25) is 0 Å². The Balaban J connectivity index is 1.55. The average molecular weight is 428 g/mol. The minimum atomic E-state index is -0.0126. The molecule has 0 saturated carbocycles. The molecule has 9 N–H and O–H groups in total. The molecule has 2 aliphatic rings. The van der Waals surface area contributed by atoms with Gasteiger partial charge in [0.25, 0.3) is 0 Å². The van der Waals surface area contributed by atoms with E-state index in [9.17, 15) is 0 Å². The molecule has 2 aliphatic heterocycles. The standard InChI is InChI=1S/C20H33N11/c21-13-7-14(22)10-30(9-13)19-27-18(26-6-4-17-3-1-2-5-25-17)28-20(29-19)31-11-15(23)8-16(24)12-31/h1-3,5,13-16H,4,6-12,21-24H2,(H,26,27,28,29)/t13-,14+,15-,16+. The van der Waals surface area contributed by atoms with E-state index < -0.39 is 0 Å². The molecule has 0 aromatic carbocycles. The highest BCUT2D eigenvalue weighted by Gasteiger charge is 2.28. The van der Waals surface area contributed by atoms with Crippen LogP contribution in [0.15, 0.2) is 24.4 Å². The maximum atomic E-state index is 6.19. The summed E-state index contributed by atoms with van der Waals surface area (Å²) in [5.41, 5.74) is 25.8. The van der Waals surface area contributed by atoms with E-state index in [-0.39, 0.29) is 24.2 Å². The summed E-state index contributed by atoms with van der Waals surface area (Å²) in [5.74, 6) is 1.66. The predicted octanol–water partition coefficient (Wildman–Crippen LogP) is -1.35. The monoisotopic (exact) mass is 427 g/mol. The smallest absolute Gasteiger partial charge is 0.232 e. The Morgan fingerprint density at radius 1 is 0.806 bits per heavy atom. The van der Waals surface area contributed by atoms with Gasteiger partial charge in [-0.25, -0.2) is 0 Å². The van der Waals surface area contributed by atoms with Crippen molar-refractivity contribution in [2.24, 2.45) is 22.9 Å². The van der Waals surface area contributed by atoms with Crippen molar-refractivity contribution in [1.82, 2.24) is 19.9 Å². The molecule has 2 aromatic heterocycles. The normalized spacial score (nSPS) is 26.7. The first-order valence-corrected chi connectivity index (χ1v) is 10.9. The number of nitrogens with one attached hydrogen (secondary N) is 1. The Bertz CT molecular complexity index is 784. The molecule has 0 radical (unpaired) electrons. The Morgan fingerprint density at radius 3 is 1.84 bits per heavy atom. The maximum absolute atomic E-state index is 6.19. The minimum Gasteiger partial charge on any atom is -0.354 e. The van der Waals surface area contributed by atoms with Gasteiger partial charge in [-0.1, -0.05) is 6.07 Å². The summed E-state index contributed by atoms with van der Waals surface area (Å²) in [5, 5.41) is 3.32. The Morgan fingerprint density at radius 2 is 1.35 bits per heavy atom. The Kier molecular flexibility index (Phi) is 6.76. The van der Waals surface area contributed by atoms with Crippen LogP contribution in [-0.4, -0.2) is 76.8 Å². The lowest BCUT2D eigenvalue weighted by Gasteiger charge is -2.37. The van der Waals surface area contributed by atoms with Gasteiger partial charge in [0.15, 0.2) is 0 Å². The van der Waals surface area contributed by atoms with Crippen LogP contribution in [0.1, 0.15) is 18.5 Å². The summed E-state index contributed by atoms with van der Waals surface area (Å²) in [7, 11) is 0. The third-order valence-electron chi connectivity index (χ3n) is 5.60. The molecule has 2 fully saturated rings. The van der Waals surface area contributed by atoms with E-state index >= 15 is 0 Å². The molecular weight excluding hydrogens is 394 g/mol. The van der Waals surface area contributed by atoms with Gasteiger partial charge >= 0.3 is 0 Å². The van der Waals surface area contributed by atoms with E-state index in [2.05, 4.69) is 20.3 Å². The molecule has 4 heterocycles. The van der Waals surface area contributed by atoms with Gasteiger partial charge in [-0.3, -0.25) is 4.98 Å². The number of nitrogens with zero attached hydrogens (tertiary/aromatic N) is 6. The van der Waals surface area contributed by atoms with Crippen molar-refractivity contribution in [2.75, 3.05) is 47.8 Å². The van der Waals surface area contributed by atoms with E-state index in [1.165, 1.54) is 0 Å². The lowest BCUT2D eigenvalue weighted by molar-refractivity contribution is 0.441. The van der Waals surface area contributed by atoms with Gasteiger partial charge in [0.2, 0.25) is 17.8 Å². The van der Waals surface area contributed by atoms with E-state index in [0.29, 0.717) is 50.6 Å². The number of hydrogen-bond acceptors (Lipinski definition) is 11. The number of pyridine rings is 1. The fourth-order valence-corrected chi connectivity index (χ4v) is 4.25. The quantitative estimate of drug-likeness (QED) is 0.368. The summed E-state index contributed by atoms with van der Waals surface area (Å²) in [6.07, 6.45) is 4.13.